The van der Waals surface area contributed by atoms with Crippen LogP contribution in [0.4, 0.5) is 0 Å². The van der Waals surface area contributed by atoms with Crippen LogP contribution in [0.5, 0.6) is 11.5 Å². The Balaban J connectivity index is 1.38. The van der Waals surface area contributed by atoms with Gasteiger partial charge >= 0.3 is 0 Å². The van der Waals surface area contributed by atoms with Gasteiger partial charge in [0.05, 0.1) is 5.56 Å². The number of aryl methyl sites for hydroxylation is 1. The minimum atomic E-state index is -0.00737. The molecule has 3 aromatic rings. The highest BCUT2D eigenvalue weighted by molar-refractivity contribution is 5.78. The van der Waals surface area contributed by atoms with Gasteiger partial charge < -0.3 is 18.9 Å². The first-order valence-corrected chi connectivity index (χ1v) is 10.6. The highest BCUT2D eigenvalue weighted by Gasteiger charge is 2.21. The van der Waals surface area contributed by atoms with E-state index in [1.54, 1.807) is 6.07 Å². The summed E-state index contributed by atoms with van der Waals surface area (Å²) in [5.74, 6) is 2.74. The fourth-order valence-corrected chi connectivity index (χ4v) is 3.54. The van der Waals surface area contributed by atoms with Gasteiger partial charge in [0.1, 0.15) is 11.5 Å². The molecule has 0 spiro atoms. The van der Waals surface area contributed by atoms with Crippen molar-refractivity contribution in [1.29, 1.82) is 0 Å². The summed E-state index contributed by atoms with van der Waals surface area (Å²) in [4.78, 5) is 18.8. The molecule has 1 aliphatic rings. The number of hydrogen-bond donors (Lipinski definition) is 0. The summed E-state index contributed by atoms with van der Waals surface area (Å²) in [6.45, 7) is 5.98. The van der Waals surface area contributed by atoms with Crippen molar-refractivity contribution in [1.82, 2.24) is 15.0 Å². The van der Waals surface area contributed by atoms with Crippen molar-refractivity contribution in [2.75, 3.05) is 19.7 Å². The zero-order valence-electron chi connectivity index (χ0n) is 17.9. The molecule has 162 valence electrons. The van der Waals surface area contributed by atoms with Crippen LogP contribution in [-0.4, -0.2) is 40.6 Å². The first kappa shape index (κ1) is 20.9. The standard InChI is InChI=1S/C24H27N3O4/c1-17-10-12-27(13-11-17)23(28)16-30-21-9-4-3-8-20(21)24-25-22(31-26-24)15-29-19-7-5-6-18(2)14-19/h3-9,14,17H,10-13,15-16H2,1-2H3. The summed E-state index contributed by atoms with van der Waals surface area (Å²) in [7, 11) is 0. The van der Waals surface area contributed by atoms with Gasteiger partial charge in [-0.15, -0.1) is 0 Å². The Labute approximate surface area is 182 Å². The van der Waals surface area contributed by atoms with Crippen molar-refractivity contribution in [3.8, 4) is 22.9 Å². The number of carbonyl (C=O) groups is 1. The van der Waals surface area contributed by atoms with Crippen LogP contribution in [0.1, 0.15) is 31.2 Å². The van der Waals surface area contributed by atoms with Gasteiger partial charge in [-0.3, -0.25) is 4.79 Å². The summed E-state index contributed by atoms with van der Waals surface area (Å²) in [5, 5.41) is 4.06. The maximum absolute atomic E-state index is 12.5. The smallest absolute Gasteiger partial charge is 0.264 e. The second-order valence-corrected chi connectivity index (χ2v) is 7.97. The monoisotopic (exact) mass is 421 g/mol. The van der Waals surface area contributed by atoms with E-state index in [1.165, 1.54) is 0 Å². The number of aromatic nitrogens is 2. The molecule has 1 aliphatic heterocycles. The van der Waals surface area contributed by atoms with Gasteiger partial charge in [-0.25, -0.2) is 0 Å². The number of rotatable bonds is 7. The molecule has 0 radical (unpaired) electrons. The maximum Gasteiger partial charge on any atom is 0.264 e. The predicted molar refractivity (Wildman–Crippen MR) is 116 cm³/mol. The quantitative estimate of drug-likeness (QED) is 0.567. The van der Waals surface area contributed by atoms with Crippen LogP contribution in [0.3, 0.4) is 0 Å². The molecule has 4 rings (SSSR count). The number of benzene rings is 2. The topological polar surface area (TPSA) is 77.7 Å². The van der Waals surface area contributed by atoms with Gasteiger partial charge in [0.15, 0.2) is 13.2 Å². The van der Waals surface area contributed by atoms with E-state index < -0.39 is 0 Å². The number of nitrogens with zero attached hydrogens (tertiary/aromatic N) is 3. The number of hydrogen-bond acceptors (Lipinski definition) is 6. The van der Waals surface area contributed by atoms with Gasteiger partial charge in [-0.2, -0.15) is 4.98 Å². The highest BCUT2D eigenvalue weighted by atomic mass is 16.5. The van der Waals surface area contributed by atoms with Gasteiger partial charge in [-0.05, 0) is 55.5 Å². The molecule has 0 N–H and O–H groups in total. The Bertz CT molecular complexity index is 1020. The molecule has 1 fully saturated rings. The third-order valence-electron chi connectivity index (χ3n) is 5.44. The van der Waals surface area contributed by atoms with Crippen molar-refractivity contribution in [3.05, 3.63) is 60.0 Å². The average Bonchev–Trinajstić information content (AvgIpc) is 3.26. The van der Waals surface area contributed by atoms with Gasteiger partial charge in [-0.1, -0.05) is 36.3 Å². The highest BCUT2D eigenvalue weighted by Crippen LogP contribution is 2.28. The van der Waals surface area contributed by atoms with E-state index in [9.17, 15) is 4.79 Å². The molecule has 1 amide bonds. The lowest BCUT2D eigenvalue weighted by molar-refractivity contribution is -0.134. The first-order chi connectivity index (χ1) is 15.1. The normalized spacial score (nSPS) is 14.5. The lowest BCUT2D eigenvalue weighted by Crippen LogP contribution is -2.40. The van der Waals surface area contributed by atoms with Crippen LogP contribution in [0.25, 0.3) is 11.4 Å². The number of para-hydroxylation sites is 1. The Morgan fingerprint density at radius 2 is 1.94 bits per heavy atom. The van der Waals surface area contributed by atoms with E-state index in [-0.39, 0.29) is 19.1 Å². The van der Waals surface area contributed by atoms with Crippen LogP contribution in [0.15, 0.2) is 53.1 Å². The second kappa shape index (κ2) is 9.64. The van der Waals surface area contributed by atoms with E-state index >= 15 is 0 Å². The Morgan fingerprint density at radius 3 is 2.74 bits per heavy atom. The number of piperidine rings is 1. The number of ether oxygens (including phenoxy) is 2. The molecule has 1 aromatic heterocycles. The van der Waals surface area contributed by atoms with Crippen molar-refractivity contribution >= 4 is 5.91 Å². The Kier molecular flexibility index (Phi) is 6.50. The lowest BCUT2D eigenvalue weighted by atomic mass is 9.99. The molecule has 1 saturated heterocycles. The van der Waals surface area contributed by atoms with Crippen LogP contribution >= 0.6 is 0 Å². The van der Waals surface area contributed by atoms with Crippen LogP contribution < -0.4 is 9.47 Å². The van der Waals surface area contributed by atoms with Crippen LogP contribution in [-0.2, 0) is 11.4 Å². The Morgan fingerprint density at radius 1 is 1.13 bits per heavy atom. The van der Waals surface area contributed by atoms with E-state index in [2.05, 4.69) is 17.1 Å². The molecule has 31 heavy (non-hydrogen) atoms. The summed E-state index contributed by atoms with van der Waals surface area (Å²) in [6, 6.07) is 15.1. The van der Waals surface area contributed by atoms with Crippen LogP contribution in [0.2, 0.25) is 0 Å². The molecule has 2 heterocycles. The molecular weight excluding hydrogens is 394 g/mol. The molecule has 7 nitrogen and oxygen atoms in total. The number of likely N-dealkylation sites (tertiary alicyclic amines) is 1. The summed E-state index contributed by atoms with van der Waals surface area (Å²) in [6.07, 6.45) is 2.08. The van der Waals surface area contributed by atoms with E-state index in [0.717, 1.165) is 37.2 Å². The molecule has 0 bridgehead atoms. The lowest BCUT2D eigenvalue weighted by Gasteiger charge is -2.30. The van der Waals surface area contributed by atoms with E-state index in [4.69, 9.17) is 14.0 Å². The molecule has 0 unspecified atom stereocenters. The van der Waals surface area contributed by atoms with Crippen LogP contribution in [0, 0.1) is 12.8 Å². The summed E-state index contributed by atoms with van der Waals surface area (Å²) < 4.78 is 16.9. The molecular formula is C24H27N3O4. The van der Waals surface area contributed by atoms with Crippen molar-refractivity contribution < 1.29 is 18.8 Å². The SMILES string of the molecule is Cc1cccc(OCc2nc(-c3ccccc3OCC(=O)N3CCC(C)CC3)no2)c1. The fourth-order valence-electron chi connectivity index (χ4n) is 3.54. The first-order valence-electron chi connectivity index (χ1n) is 10.6. The summed E-state index contributed by atoms with van der Waals surface area (Å²) >= 11 is 0. The second-order valence-electron chi connectivity index (χ2n) is 7.97. The van der Waals surface area contributed by atoms with Crippen molar-refractivity contribution in [3.63, 3.8) is 0 Å². The summed E-state index contributed by atoms with van der Waals surface area (Å²) in [5.41, 5.74) is 1.79. The zero-order chi connectivity index (χ0) is 21.6. The minimum absolute atomic E-state index is 0.00191. The van der Waals surface area contributed by atoms with E-state index in [1.807, 2.05) is 54.3 Å². The van der Waals surface area contributed by atoms with Crippen molar-refractivity contribution in [2.45, 2.75) is 33.3 Å². The molecule has 0 atom stereocenters. The van der Waals surface area contributed by atoms with Gasteiger partial charge in [0.25, 0.3) is 11.8 Å². The van der Waals surface area contributed by atoms with E-state index in [0.29, 0.717) is 28.9 Å². The third-order valence-corrected chi connectivity index (χ3v) is 5.44. The molecule has 0 saturated carbocycles. The maximum atomic E-state index is 12.5. The zero-order valence-corrected chi connectivity index (χ0v) is 17.9. The molecule has 7 heteroatoms. The number of carbonyl (C=O) groups excluding carboxylic acids is 1. The van der Waals surface area contributed by atoms with Crippen molar-refractivity contribution in [2.24, 2.45) is 5.92 Å². The average molecular weight is 421 g/mol. The molecule has 0 aliphatic carbocycles. The fraction of sp³-hybridized carbons (Fsp3) is 0.375. The predicted octanol–water partition coefficient (Wildman–Crippen LogP) is 4.26. The van der Waals surface area contributed by atoms with Gasteiger partial charge in [0.2, 0.25) is 5.82 Å². The number of amides is 1. The third kappa shape index (κ3) is 5.42. The largest absolute Gasteiger partial charge is 0.484 e. The minimum Gasteiger partial charge on any atom is -0.484 e. The molecule has 2 aromatic carbocycles. The Hall–Kier alpha value is -3.35. The van der Waals surface area contributed by atoms with Gasteiger partial charge in [0, 0.05) is 13.1 Å².